The van der Waals surface area contributed by atoms with Crippen molar-refractivity contribution in [2.24, 2.45) is 5.14 Å². The van der Waals surface area contributed by atoms with Crippen molar-refractivity contribution in [2.45, 2.75) is 37.2 Å². The zero-order chi connectivity index (χ0) is 16.2. The van der Waals surface area contributed by atoms with Gasteiger partial charge in [0.15, 0.2) is 0 Å². The highest BCUT2D eigenvalue weighted by molar-refractivity contribution is 7.89. The molecule has 0 spiro atoms. The Hall–Kier alpha value is -1.44. The van der Waals surface area contributed by atoms with Crippen molar-refractivity contribution in [3.8, 4) is 0 Å². The Balaban J connectivity index is 2.04. The lowest BCUT2D eigenvalue weighted by Gasteiger charge is -2.32. The summed E-state index contributed by atoms with van der Waals surface area (Å²) in [7, 11) is -3.73. The number of ether oxygens (including phenoxy) is 1. The molecule has 0 saturated carbocycles. The number of likely N-dealkylation sites (tertiary alicyclic amines) is 1. The molecule has 0 aliphatic carbocycles. The van der Waals surface area contributed by atoms with E-state index in [0.717, 1.165) is 19.3 Å². The van der Waals surface area contributed by atoms with Crippen LogP contribution in [0.15, 0.2) is 29.2 Å². The summed E-state index contributed by atoms with van der Waals surface area (Å²) in [6, 6.07) is 5.71. The lowest BCUT2D eigenvalue weighted by atomic mass is 10.1. The summed E-state index contributed by atoms with van der Waals surface area (Å²) in [5.41, 5.74) is 0.462. The van der Waals surface area contributed by atoms with E-state index in [1.807, 2.05) is 0 Å². The molecule has 1 amide bonds. The molecule has 1 unspecified atom stereocenters. The van der Waals surface area contributed by atoms with Crippen LogP contribution in [-0.4, -0.2) is 45.0 Å². The summed E-state index contributed by atoms with van der Waals surface area (Å²) in [5.74, 6) is -0.106. The van der Waals surface area contributed by atoms with Crippen LogP contribution in [0.4, 0.5) is 0 Å². The van der Waals surface area contributed by atoms with E-state index >= 15 is 0 Å². The number of hydrogen-bond donors (Lipinski definition) is 1. The van der Waals surface area contributed by atoms with Gasteiger partial charge in [-0.2, -0.15) is 0 Å². The average molecular weight is 326 g/mol. The summed E-state index contributed by atoms with van der Waals surface area (Å²) >= 11 is 0. The zero-order valence-corrected chi connectivity index (χ0v) is 13.5. The maximum atomic E-state index is 12.5. The third-order valence-electron chi connectivity index (χ3n) is 3.65. The van der Waals surface area contributed by atoms with Crippen molar-refractivity contribution in [3.63, 3.8) is 0 Å². The first-order valence-corrected chi connectivity index (χ1v) is 9.00. The van der Waals surface area contributed by atoms with Crippen LogP contribution in [-0.2, 0) is 14.8 Å². The standard InChI is InChI=1S/C15H22N2O4S/c1-2-10-21-13-4-3-9-17(11-13)15(18)12-5-7-14(8-6-12)22(16,19)20/h5-8,13H,2-4,9-11H2,1H3,(H2,16,19,20). The Labute approximate surface area is 131 Å². The number of nitrogens with zero attached hydrogens (tertiary/aromatic N) is 1. The van der Waals surface area contributed by atoms with Crippen LogP contribution in [0, 0.1) is 0 Å². The van der Waals surface area contributed by atoms with Gasteiger partial charge in [0.05, 0.1) is 11.0 Å². The van der Waals surface area contributed by atoms with E-state index in [4.69, 9.17) is 9.88 Å². The van der Waals surface area contributed by atoms with Crippen molar-refractivity contribution in [3.05, 3.63) is 29.8 Å². The molecular formula is C15H22N2O4S. The Morgan fingerprint density at radius 3 is 2.64 bits per heavy atom. The molecule has 0 radical (unpaired) electrons. The summed E-state index contributed by atoms with van der Waals surface area (Å²) < 4.78 is 28.2. The number of carbonyl (C=O) groups is 1. The molecule has 0 bridgehead atoms. The molecule has 1 aliphatic rings. The van der Waals surface area contributed by atoms with E-state index in [2.05, 4.69) is 6.92 Å². The second kappa shape index (κ2) is 7.21. The van der Waals surface area contributed by atoms with Crippen LogP contribution in [0.2, 0.25) is 0 Å². The van der Waals surface area contributed by atoms with E-state index in [-0.39, 0.29) is 16.9 Å². The van der Waals surface area contributed by atoms with E-state index in [0.29, 0.717) is 25.3 Å². The Bertz CT molecular complexity index is 613. The SMILES string of the molecule is CCCOC1CCCN(C(=O)c2ccc(S(N)(=O)=O)cc2)C1. The minimum absolute atomic E-state index is 0.00634. The van der Waals surface area contributed by atoms with E-state index in [9.17, 15) is 13.2 Å². The summed E-state index contributed by atoms with van der Waals surface area (Å²) in [4.78, 5) is 14.2. The maximum Gasteiger partial charge on any atom is 0.253 e. The van der Waals surface area contributed by atoms with E-state index in [1.54, 1.807) is 4.90 Å². The van der Waals surface area contributed by atoms with Gasteiger partial charge in [0, 0.05) is 25.3 Å². The number of piperidine rings is 1. The summed E-state index contributed by atoms with van der Waals surface area (Å²) in [6.07, 6.45) is 2.92. The predicted octanol–water partition coefficient (Wildman–Crippen LogP) is 1.37. The fraction of sp³-hybridized carbons (Fsp3) is 0.533. The number of amides is 1. The predicted molar refractivity (Wildman–Crippen MR) is 83.0 cm³/mol. The van der Waals surface area contributed by atoms with Crippen LogP contribution in [0.3, 0.4) is 0 Å². The molecule has 6 nitrogen and oxygen atoms in total. The molecule has 1 atom stereocenters. The number of rotatable bonds is 5. The molecule has 22 heavy (non-hydrogen) atoms. The number of carbonyl (C=O) groups excluding carboxylic acids is 1. The van der Waals surface area contributed by atoms with E-state index in [1.165, 1.54) is 24.3 Å². The molecule has 1 heterocycles. The summed E-state index contributed by atoms with van der Waals surface area (Å²) in [5, 5.41) is 5.05. The van der Waals surface area contributed by atoms with Gasteiger partial charge in [0.25, 0.3) is 5.91 Å². The fourth-order valence-electron chi connectivity index (χ4n) is 2.51. The van der Waals surface area contributed by atoms with Crippen molar-refractivity contribution >= 4 is 15.9 Å². The molecular weight excluding hydrogens is 304 g/mol. The van der Waals surface area contributed by atoms with Gasteiger partial charge < -0.3 is 9.64 Å². The van der Waals surface area contributed by atoms with Crippen LogP contribution >= 0.6 is 0 Å². The number of benzene rings is 1. The van der Waals surface area contributed by atoms with Crippen LogP contribution < -0.4 is 5.14 Å². The zero-order valence-electron chi connectivity index (χ0n) is 12.7. The van der Waals surface area contributed by atoms with Gasteiger partial charge in [0.2, 0.25) is 10.0 Å². The first kappa shape index (κ1) is 16.9. The Morgan fingerprint density at radius 1 is 1.36 bits per heavy atom. The minimum atomic E-state index is -3.73. The molecule has 1 aromatic rings. The van der Waals surface area contributed by atoms with Crippen molar-refractivity contribution in [2.75, 3.05) is 19.7 Å². The van der Waals surface area contributed by atoms with Gasteiger partial charge in [-0.25, -0.2) is 13.6 Å². The van der Waals surface area contributed by atoms with Gasteiger partial charge >= 0.3 is 0 Å². The highest BCUT2D eigenvalue weighted by atomic mass is 32.2. The molecule has 122 valence electrons. The number of primary sulfonamides is 1. The molecule has 2 N–H and O–H groups in total. The highest BCUT2D eigenvalue weighted by Gasteiger charge is 2.25. The summed E-state index contributed by atoms with van der Waals surface area (Å²) in [6.45, 7) is 4.03. The van der Waals surface area contributed by atoms with Crippen molar-refractivity contribution < 1.29 is 17.9 Å². The molecule has 1 aromatic carbocycles. The third-order valence-corrected chi connectivity index (χ3v) is 4.58. The maximum absolute atomic E-state index is 12.5. The molecule has 1 saturated heterocycles. The lowest BCUT2D eigenvalue weighted by Crippen LogP contribution is -2.43. The second-order valence-electron chi connectivity index (χ2n) is 5.46. The second-order valence-corrected chi connectivity index (χ2v) is 7.02. The van der Waals surface area contributed by atoms with Crippen molar-refractivity contribution in [1.29, 1.82) is 0 Å². The molecule has 1 fully saturated rings. The lowest BCUT2D eigenvalue weighted by molar-refractivity contribution is 0.00211. The highest BCUT2D eigenvalue weighted by Crippen LogP contribution is 2.17. The Kier molecular flexibility index (Phi) is 5.55. The van der Waals surface area contributed by atoms with Crippen molar-refractivity contribution in [1.82, 2.24) is 4.90 Å². The van der Waals surface area contributed by atoms with Gasteiger partial charge in [-0.15, -0.1) is 0 Å². The van der Waals surface area contributed by atoms with Gasteiger partial charge in [-0.1, -0.05) is 6.92 Å². The molecule has 0 aromatic heterocycles. The van der Waals surface area contributed by atoms with Gasteiger partial charge in [-0.3, -0.25) is 4.79 Å². The largest absolute Gasteiger partial charge is 0.376 e. The Morgan fingerprint density at radius 2 is 2.05 bits per heavy atom. The first-order valence-electron chi connectivity index (χ1n) is 7.45. The van der Waals surface area contributed by atoms with E-state index < -0.39 is 10.0 Å². The molecule has 1 aliphatic heterocycles. The fourth-order valence-corrected chi connectivity index (χ4v) is 3.03. The topological polar surface area (TPSA) is 89.7 Å². The number of hydrogen-bond acceptors (Lipinski definition) is 4. The van der Waals surface area contributed by atoms with Gasteiger partial charge in [0.1, 0.15) is 0 Å². The third kappa shape index (κ3) is 4.28. The number of sulfonamides is 1. The van der Waals surface area contributed by atoms with Gasteiger partial charge in [-0.05, 0) is 43.5 Å². The normalized spacial score (nSPS) is 19.2. The average Bonchev–Trinajstić information content (AvgIpc) is 2.52. The van der Waals surface area contributed by atoms with Crippen LogP contribution in [0.5, 0.6) is 0 Å². The molecule has 7 heteroatoms. The minimum Gasteiger partial charge on any atom is -0.376 e. The smallest absolute Gasteiger partial charge is 0.253 e. The first-order chi connectivity index (χ1) is 10.4. The monoisotopic (exact) mass is 326 g/mol. The number of nitrogens with two attached hydrogens (primary N) is 1. The quantitative estimate of drug-likeness (QED) is 0.885. The van der Waals surface area contributed by atoms with Crippen LogP contribution in [0.25, 0.3) is 0 Å². The van der Waals surface area contributed by atoms with Crippen LogP contribution in [0.1, 0.15) is 36.5 Å². The molecule has 2 rings (SSSR count).